The van der Waals surface area contributed by atoms with Crippen molar-refractivity contribution in [1.82, 2.24) is 4.90 Å². The summed E-state index contributed by atoms with van der Waals surface area (Å²) in [6.45, 7) is 1.82. The van der Waals surface area contributed by atoms with Crippen molar-refractivity contribution >= 4 is 23.2 Å². The standard InChI is InChI=1S/C14H13ClN2O4/c1-9(13-4-3-7-21-13)16(2)14(18)11-6-5-10(17(19)20)8-12(11)15/h3-9H,1-2H3. The van der Waals surface area contributed by atoms with Gasteiger partial charge >= 0.3 is 0 Å². The number of amides is 1. The van der Waals surface area contributed by atoms with Gasteiger partial charge < -0.3 is 9.32 Å². The summed E-state index contributed by atoms with van der Waals surface area (Å²) in [5.74, 6) is 0.308. The number of carbonyl (C=O) groups is 1. The highest BCUT2D eigenvalue weighted by molar-refractivity contribution is 6.34. The highest BCUT2D eigenvalue weighted by Crippen LogP contribution is 2.26. The molecular formula is C14H13ClN2O4. The number of halogens is 1. The molecule has 0 bridgehead atoms. The number of hydrogen-bond acceptors (Lipinski definition) is 4. The third-order valence-corrected chi connectivity index (χ3v) is 3.56. The maximum Gasteiger partial charge on any atom is 0.270 e. The summed E-state index contributed by atoms with van der Waals surface area (Å²) in [4.78, 5) is 24.0. The van der Waals surface area contributed by atoms with Crippen LogP contribution in [-0.4, -0.2) is 22.8 Å². The SMILES string of the molecule is CC(c1ccco1)N(C)C(=O)c1ccc([N+](=O)[O-])cc1Cl. The number of nitro groups is 1. The van der Waals surface area contributed by atoms with Crippen molar-refractivity contribution in [3.05, 3.63) is 63.1 Å². The van der Waals surface area contributed by atoms with Crippen molar-refractivity contribution in [3.8, 4) is 0 Å². The number of hydrogen-bond donors (Lipinski definition) is 0. The molecule has 0 N–H and O–H groups in total. The van der Waals surface area contributed by atoms with Crippen LogP contribution in [0.5, 0.6) is 0 Å². The molecule has 0 aliphatic heterocycles. The van der Waals surface area contributed by atoms with E-state index in [0.717, 1.165) is 0 Å². The van der Waals surface area contributed by atoms with Crippen LogP contribution in [0, 0.1) is 10.1 Å². The Morgan fingerprint density at radius 2 is 2.14 bits per heavy atom. The second-order valence-corrected chi connectivity index (χ2v) is 4.94. The molecule has 0 fully saturated rings. The van der Waals surface area contributed by atoms with E-state index in [1.165, 1.54) is 29.4 Å². The summed E-state index contributed by atoms with van der Waals surface area (Å²) in [5.41, 5.74) is 0.0569. The Kier molecular flexibility index (Phi) is 4.28. The van der Waals surface area contributed by atoms with Gasteiger partial charge in [0.1, 0.15) is 5.76 Å². The Morgan fingerprint density at radius 3 is 2.67 bits per heavy atom. The van der Waals surface area contributed by atoms with Crippen LogP contribution in [0.4, 0.5) is 5.69 Å². The van der Waals surface area contributed by atoms with E-state index in [9.17, 15) is 14.9 Å². The molecule has 1 heterocycles. The molecule has 1 aromatic carbocycles. The summed E-state index contributed by atoms with van der Waals surface area (Å²) in [6.07, 6.45) is 1.53. The van der Waals surface area contributed by atoms with Crippen LogP contribution < -0.4 is 0 Å². The number of furan rings is 1. The molecule has 0 saturated heterocycles. The fraction of sp³-hybridized carbons (Fsp3) is 0.214. The van der Waals surface area contributed by atoms with Gasteiger partial charge in [-0.05, 0) is 25.1 Å². The van der Waals surface area contributed by atoms with Crippen molar-refractivity contribution in [3.63, 3.8) is 0 Å². The van der Waals surface area contributed by atoms with Gasteiger partial charge in [0.2, 0.25) is 0 Å². The normalized spacial score (nSPS) is 12.0. The first-order chi connectivity index (χ1) is 9.91. The van der Waals surface area contributed by atoms with Gasteiger partial charge in [-0.2, -0.15) is 0 Å². The van der Waals surface area contributed by atoms with Crippen molar-refractivity contribution in [2.45, 2.75) is 13.0 Å². The minimum absolute atomic E-state index is 0.0488. The lowest BCUT2D eigenvalue weighted by Gasteiger charge is -2.23. The zero-order valence-electron chi connectivity index (χ0n) is 11.4. The number of rotatable bonds is 4. The first-order valence-electron chi connectivity index (χ1n) is 6.16. The third kappa shape index (κ3) is 3.05. The second kappa shape index (κ2) is 5.97. The van der Waals surface area contributed by atoms with Crippen LogP contribution >= 0.6 is 11.6 Å². The van der Waals surface area contributed by atoms with Crippen molar-refractivity contribution in [1.29, 1.82) is 0 Å². The van der Waals surface area contributed by atoms with E-state index >= 15 is 0 Å². The molecule has 7 heteroatoms. The number of benzene rings is 1. The van der Waals surface area contributed by atoms with Crippen LogP contribution in [-0.2, 0) is 0 Å². The van der Waals surface area contributed by atoms with Crippen molar-refractivity contribution < 1.29 is 14.1 Å². The monoisotopic (exact) mass is 308 g/mol. The molecule has 0 aliphatic carbocycles. The van der Waals surface area contributed by atoms with Gasteiger partial charge in [0, 0.05) is 19.2 Å². The topological polar surface area (TPSA) is 76.6 Å². The Bertz CT molecular complexity index is 670. The van der Waals surface area contributed by atoms with Gasteiger partial charge in [-0.25, -0.2) is 0 Å². The lowest BCUT2D eigenvalue weighted by Crippen LogP contribution is -2.29. The molecule has 6 nitrogen and oxygen atoms in total. The Morgan fingerprint density at radius 1 is 1.43 bits per heavy atom. The van der Waals surface area contributed by atoms with Gasteiger partial charge in [-0.15, -0.1) is 0 Å². The van der Waals surface area contributed by atoms with Crippen LogP contribution in [0.3, 0.4) is 0 Å². The zero-order valence-corrected chi connectivity index (χ0v) is 12.2. The summed E-state index contributed by atoms with van der Waals surface area (Å²) >= 11 is 5.97. The summed E-state index contributed by atoms with van der Waals surface area (Å²) in [5, 5.41) is 10.7. The smallest absolute Gasteiger partial charge is 0.270 e. The summed E-state index contributed by atoms with van der Waals surface area (Å²) in [7, 11) is 1.62. The molecule has 1 unspecified atom stereocenters. The maximum absolute atomic E-state index is 12.4. The molecular weight excluding hydrogens is 296 g/mol. The van der Waals surface area contributed by atoms with Crippen LogP contribution in [0.1, 0.15) is 29.1 Å². The quantitative estimate of drug-likeness (QED) is 0.637. The number of nitrogens with zero attached hydrogens (tertiary/aromatic N) is 2. The van der Waals surface area contributed by atoms with E-state index in [2.05, 4.69) is 0 Å². The maximum atomic E-state index is 12.4. The first kappa shape index (κ1) is 15.1. The molecule has 1 amide bonds. The van der Waals surface area contributed by atoms with E-state index in [4.69, 9.17) is 16.0 Å². The molecule has 2 rings (SSSR count). The lowest BCUT2D eigenvalue weighted by molar-refractivity contribution is -0.384. The van der Waals surface area contributed by atoms with Gasteiger partial charge in [0.25, 0.3) is 11.6 Å². The third-order valence-electron chi connectivity index (χ3n) is 3.25. The number of nitro benzene ring substituents is 1. The van der Waals surface area contributed by atoms with Crippen LogP contribution in [0.2, 0.25) is 5.02 Å². The predicted molar refractivity (Wildman–Crippen MR) is 77.3 cm³/mol. The molecule has 0 aliphatic rings. The van der Waals surface area contributed by atoms with Crippen LogP contribution in [0.15, 0.2) is 41.0 Å². The van der Waals surface area contributed by atoms with Gasteiger partial charge in [-0.3, -0.25) is 14.9 Å². The van der Waals surface area contributed by atoms with E-state index in [1.54, 1.807) is 19.2 Å². The van der Waals surface area contributed by atoms with E-state index < -0.39 is 4.92 Å². The van der Waals surface area contributed by atoms with Crippen molar-refractivity contribution in [2.75, 3.05) is 7.05 Å². The fourth-order valence-corrected chi connectivity index (χ4v) is 2.13. The molecule has 1 aromatic heterocycles. The van der Waals surface area contributed by atoms with Crippen LogP contribution in [0.25, 0.3) is 0 Å². The predicted octanol–water partition coefficient (Wildman–Crippen LogP) is 3.67. The zero-order chi connectivity index (χ0) is 15.6. The highest BCUT2D eigenvalue weighted by Gasteiger charge is 2.23. The fourth-order valence-electron chi connectivity index (χ4n) is 1.88. The minimum Gasteiger partial charge on any atom is -0.467 e. The first-order valence-corrected chi connectivity index (χ1v) is 6.54. The van der Waals surface area contributed by atoms with E-state index in [-0.39, 0.29) is 28.2 Å². The molecule has 21 heavy (non-hydrogen) atoms. The number of carbonyl (C=O) groups excluding carboxylic acids is 1. The molecule has 0 saturated carbocycles. The summed E-state index contributed by atoms with van der Waals surface area (Å²) in [6, 6.07) is 7.01. The van der Waals surface area contributed by atoms with E-state index in [1.807, 2.05) is 6.92 Å². The van der Waals surface area contributed by atoms with Gasteiger partial charge in [-0.1, -0.05) is 11.6 Å². The molecule has 110 valence electrons. The van der Waals surface area contributed by atoms with Gasteiger partial charge in [0.15, 0.2) is 0 Å². The Labute approximate surface area is 126 Å². The molecule has 0 spiro atoms. The lowest BCUT2D eigenvalue weighted by atomic mass is 10.1. The molecule has 1 atom stereocenters. The average molecular weight is 309 g/mol. The minimum atomic E-state index is -0.560. The summed E-state index contributed by atoms with van der Waals surface area (Å²) < 4.78 is 5.27. The molecule has 2 aromatic rings. The Balaban J connectivity index is 2.25. The van der Waals surface area contributed by atoms with E-state index in [0.29, 0.717) is 5.76 Å². The van der Waals surface area contributed by atoms with Gasteiger partial charge in [0.05, 0.1) is 27.8 Å². The highest BCUT2D eigenvalue weighted by atomic mass is 35.5. The molecule has 0 radical (unpaired) electrons. The largest absolute Gasteiger partial charge is 0.467 e. The second-order valence-electron chi connectivity index (χ2n) is 4.53. The number of non-ortho nitro benzene ring substituents is 1. The van der Waals surface area contributed by atoms with Crippen molar-refractivity contribution in [2.24, 2.45) is 0 Å². The average Bonchev–Trinajstić information content (AvgIpc) is 2.98. The Hall–Kier alpha value is -2.34.